The number of benzene rings is 3. The third kappa shape index (κ3) is 6.16. The molecule has 35 heavy (non-hydrogen) atoms. The van der Waals surface area contributed by atoms with E-state index >= 15 is 0 Å². The van der Waals surface area contributed by atoms with Crippen LogP contribution in [0.25, 0.3) is 0 Å². The first kappa shape index (κ1) is 25.5. The molecule has 2 atom stereocenters. The quantitative estimate of drug-likeness (QED) is 0.340. The second-order valence-corrected chi connectivity index (χ2v) is 11.7. The van der Waals surface area contributed by atoms with E-state index in [1.807, 2.05) is 43.3 Å². The number of rotatable bonds is 7. The molecule has 1 fully saturated rings. The second kappa shape index (κ2) is 10.6. The Morgan fingerprint density at radius 1 is 1.06 bits per heavy atom. The minimum atomic E-state index is -3.38. The highest BCUT2D eigenvalue weighted by Crippen LogP contribution is 2.56. The highest BCUT2D eigenvalue weighted by molar-refractivity contribution is 7.53. The predicted octanol–water partition coefficient (Wildman–Crippen LogP) is 7.74. The Kier molecular flexibility index (Phi) is 7.70. The summed E-state index contributed by atoms with van der Waals surface area (Å²) >= 11 is 0. The molecule has 0 bridgehead atoms. The average molecular weight is 495 g/mol. The van der Waals surface area contributed by atoms with Gasteiger partial charge in [0.15, 0.2) is 6.35 Å². The van der Waals surface area contributed by atoms with Crippen molar-refractivity contribution in [2.24, 2.45) is 0 Å². The summed E-state index contributed by atoms with van der Waals surface area (Å²) in [5.41, 5.74) is 7.68. The molecule has 1 N–H and O–H groups in total. The largest absolute Gasteiger partial charge is 0.508 e. The molecule has 2 unspecified atom stereocenters. The number of phenols is 1. The molecule has 0 saturated carbocycles. The van der Waals surface area contributed by atoms with Crippen LogP contribution in [0.3, 0.4) is 0 Å². The molecule has 1 saturated heterocycles. The summed E-state index contributed by atoms with van der Waals surface area (Å²) in [6, 6.07) is 17.8. The van der Waals surface area contributed by atoms with Gasteiger partial charge in [-0.05, 0) is 84.7 Å². The van der Waals surface area contributed by atoms with E-state index in [-0.39, 0.29) is 18.4 Å². The van der Waals surface area contributed by atoms with Crippen molar-refractivity contribution >= 4 is 7.60 Å². The number of aryl methyl sites for hydroxylation is 3. The summed E-state index contributed by atoms with van der Waals surface area (Å²) in [4.78, 5) is 0. The van der Waals surface area contributed by atoms with Crippen molar-refractivity contribution in [1.29, 1.82) is 0 Å². The molecule has 1 heterocycles. The Balaban J connectivity index is 1.45. The first-order valence-corrected chi connectivity index (χ1v) is 13.9. The number of aromatic hydroxyl groups is 1. The van der Waals surface area contributed by atoms with Gasteiger partial charge in [-0.2, -0.15) is 0 Å². The Bertz CT molecular complexity index is 1230. The third-order valence-electron chi connectivity index (χ3n) is 6.52. The van der Waals surface area contributed by atoms with E-state index in [9.17, 15) is 9.67 Å². The van der Waals surface area contributed by atoms with Crippen LogP contribution in [0.4, 0.5) is 0 Å². The van der Waals surface area contributed by atoms with Gasteiger partial charge in [0.25, 0.3) is 0 Å². The van der Waals surface area contributed by atoms with Gasteiger partial charge in [0, 0.05) is 6.42 Å². The highest BCUT2D eigenvalue weighted by Gasteiger charge is 2.35. The van der Waals surface area contributed by atoms with Gasteiger partial charge in [-0.15, -0.1) is 0 Å². The molecular weight excluding hydrogens is 459 g/mol. The van der Waals surface area contributed by atoms with Crippen molar-refractivity contribution in [2.75, 3.05) is 13.0 Å². The first-order chi connectivity index (χ1) is 16.6. The molecule has 3 aromatic rings. The zero-order chi connectivity index (χ0) is 25.2. The lowest BCUT2D eigenvalue weighted by atomic mass is 9.93. The fourth-order valence-electron chi connectivity index (χ4n) is 4.59. The Hall–Kier alpha value is -2.59. The van der Waals surface area contributed by atoms with Gasteiger partial charge in [0.05, 0.1) is 12.7 Å². The van der Waals surface area contributed by atoms with Crippen LogP contribution >= 0.6 is 7.60 Å². The fraction of sp³-hybridized carbons (Fsp3) is 0.379. The van der Waals surface area contributed by atoms with Crippen molar-refractivity contribution in [3.05, 3.63) is 93.5 Å². The maximum absolute atomic E-state index is 13.3. The Morgan fingerprint density at radius 2 is 1.80 bits per heavy atom. The summed E-state index contributed by atoms with van der Waals surface area (Å²) in [5.74, 6) is 1.25. The normalized spacial score (nSPS) is 20.2. The van der Waals surface area contributed by atoms with Crippen molar-refractivity contribution < 1.29 is 23.5 Å². The molecule has 0 aromatic heterocycles. The average Bonchev–Trinajstić information content (AvgIpc) is 2.81. The summed E-state index contributed by atoms with van der Waals surface area (Å²) in [6.07, 6.45) is 1.05. The van der Waals surface area contributed by atoms with Crippen LogP contribution in [0.1, 0.15) is 71.2 Å². The van der Waals surface area contributed by atoms with E-state index in [0.717, 1.165) is 39.8 Å². The van der Waals surface area contributed by atoms with Crippen molar-refractivity contribution in [2.45, 2.75) is 59.5 Å². The molecule has 0 radical (unpaired) electrons. The van der Waals surface area contributed by atoms with E-state index in [0.29, 0.717) is 24.5 Å². The molecule has 0 aliphatic carbocycles. The molecule has 1 aliphatic rings. The molecule has 186 valence electrons. The van der Waals surface area contributed by atoms with E-state index in [2.05, 4.69) is 39.8 Å². The summed E-state index contributed by atoms with van der Waals surface area (Å²) in [7, 11) is -3.38. The smallest absolute Gasteiger partial charge is 0.368 e. The molecular formula is C29H35O5P. The van der Waals surface area contributed by atoms with Gasteiger partial charge in [-0.3, -0.25) is 9.09 Å². The van der Waals surface area contributed by atoms with Crippen molar-refractivity contribution in [3.63, 3.8) is 0 Å². The van der Waals surface area contributed by atoms with Gasteiger partial charge >= 0.3 is 7.60 Å². The predicted molar refractivity (Wildman–Crippen MR) is 140 cm³/mol. The van der Waals surface area contributed by atoms with Crippen LogP contribution < -0.4 is 4.74 Å². The van der Waals surface area contributed by atoms with Crippen molar-refractivity contribution in [3.8, 4) is 11.5 Å². The Morgan fingerprint density at radius 3 is 2.49 bits per heavy atom. The SMILES string of the molecule is Cc1cccc(C2CCOP(=O)(COc3cc(C)c(Cc4ccc(O)c(C(C)C)c4)c(C)c3)O2)c1. The molecule has 0 amide bonds. The van der Waals surface area contributed by atoms with Crippen LogP contribution in [-0.4, -0.2) is 18.1 Å². The number of hydrogen-bond donors (Lipinski definition) is 1. The van der Waals surface area contributed by atoms with E-state index in [1.54, 1.807) is 6.07 Å². The van der Waals surface area contributed by atoms with Gasteiger partial charge in [0.1, 0.15) is 11.5 Å². The maximum atomic E-state index is 13.3. The zero-order valence-corrected chi connectivity index (χ0v) is 22.1. The molecule has 1 aliphatic heterocycles. The van der Waals surface area contributed by atoms with Crippen LogP contribution in [0.2, 0.25) is 0 Å². The molecule has 6 heteroatoms. The lowest BCUT2D eigenvalue weighted by molar-refractivity contribution is 0.0725. The standard InChI is InChI=1S/C29H35O5P/c1-19(2)26-16-23(9-10-28(26)30)17-27-21(4)14-25(15-22(27)5)32-18-35(31)33-12-11-29(34-35)24-8-6-7-20(3)13-24/h6-10,13-16,19,29-30H,11-12,17-18H2,1-5H3. The molecule has 5 nitrogen and oxygen atoms in total. The Labute approximate surface area is 208 Å². The van der Waals surface area contributed by atoms with E-state index < -0.39 is 7.60 Å². The molecule has 3 aromatic carbocycles. The van der Waals surface area contributed by atoms with Gasteiger partial charge < -0.3 is 14.4 Å². The lowest BCUT2D eigenvalue weighted by Gasteiger charge is -2.30. The molecule has 4 rings (SSSR count). The minimum absolute atomic E-state index is 0.122. The minimum Gasteiger partial charge on any atom is -0.508 e. The van der Waals surface area contributed by atoms with Crippen LogP contribution in [0.5, 0.6) is 11.5 Å². The zero-order valence-electron chi connectivity index (χ0n) is 21.2. The first-order valence-electron chi connectivity index (χ1n) is 12.2. The lowest BCUT2D eigenvalue weighted by Crippen LogP contribution is -2.17. The topological polar surface area (TPSA) is 65.0 Å². The highest BCUT2D eigenvalue weighted by atomic mass is 31.2. The summed E-state index contributed by atoms with van der Waals surface area (Å²) in [6.45, 7) is 10.7. The van der Waals surface area contributed by atoms with Crippen molar-refractivity contribution in [1.82, 2.24) is 0 Å². The summed E-state index contributed by atoms with van der Waals surface area (Å²) in [5, 5.41) is 10.1. The van der Waals surface area contributed by atoms with E-state index in [4.69, 9.17) is 13.8 Å². The van der Waals surface area contributed by atoms with Gasteiger partial charge in [0.2, 0.25) is 0 Å². The third-order valence-corrected chi connectivity index (χ3v) is 8.12. The maximum Gasteiger partial charge on any atom is 0.368 e. The number of ether oxygens (including phenoxy) is 1. The number of phenolic OH excluding ortho intramolecular Hbond substituents is 1. The van der Waals surface area contributed by atoms with E-state index in [1.165, 1.54) is 5.56 Å². The molecule has 0 spiro atoms. The number of hydrogen-bond acceptors (Lipinski definition) is 5. The van der Waals surface area contributed by atoms with Crippen LogP contribution in [0.15, 0.2) is 54.6 Å². The second-order valence-electron chi connectivity index (χ2n) is 9.77. The van der Waals surface area contributed by atoms with Gasteiger partial charge in [-0.25, -0.2) is 0 Å². The fourth-order valence-corrected chi connectivity index (χ4v) is 6.09. The van der Waals surface area contributed by atoms with Crippen LogP contribution in [-0.2, 0) is 20.0 Å². The van der Waals surface area contributed by atoms with Gasteiger partial charge in [-0.1, -0.05) is 55.8 Å². The summed E-state index contributed by atoms with van der Waals surface area (Å²) < 4.78 is 30.7. The van der Waals surface area contributed by atoms with Crippen LogP contribution in [0, 0.1) is 20.8 Å². The monoisotopic (exact) mass is 494 g/mol.